The van der Waals surface area contributed by atoms with E-state index in [-0.39, 0.29) is 0 Å². The van der Waals surface area contributed by atoms with E-state index in [1.165, 1.54) is 70.1 Å². The highest BCUT2D eigenvalue weighted by Crippen LogP contribution is 2.25. The Balaban J connectivity index is 1.43. The lowest BCUT2D eigenvalue weighted by Crippen LogP contribution is -2.36. The molecule has 0 radical (unpaired) electrons. The fraction of sp³-hybridized carbons (Fsp3) is 0.652. The van der Waals surface area contributed by atoms with Crippen LogP contribution < -0.4 is 0 Å². The molecule has 0 spiro atoms. The van der Waals surface area contributed by atoms with Crippen molar-refractivity contribution in [1.82, 2.24) is 24.6 Å². The summed E-state index contributed by atoms with van der Waals surface area (Å²) in [5, 5.41) is 10.3. The third kappa shape index (κ3) is 5.83. The zero-order valence-corrected chi connectivity index (χ0v) is 18.6. The summed E-state index contributed by atoms with van der Waals surface area (Å²) in [6, 6.07) is 11.5. The first-order valence-electron chi connectivity index (χ1n) is 11.3. The predicted octanol–water partition coefficient (Wildman–Crippen LogP) is 4.28. The summed E-state index contributed by atoms with van der Waals surface area (Å²) in [5.74, 6) is 2.24. The molecule has 1 atom stereocenters. The maximum atomic E-state index is 4.63. The Kier molecular flexibility index (Phi) is 7.63. The van der Waals surface area contributed by atoms with Crippen molar-refractivity contribution in [3.05, 3.63) is 41.7 Å². The number of benzene rings is 1. The Morgan fingerprint density at radius 2 is 1.72 bits per heavy atom. The van der Waals surface area contributed by atoms with Crippen LogP contribution in [0.4, 0.5) is 0 Å². The van der Waals surface area contributed by atoms with Gasteiger partial charge in [-0.05, 0) is 64.3 Å². The standard InChI is InChI=1S/C23H35N5S/c1-26-14-9-6-12-21(26)13-17-29-23-25-24-22(19-27-15-7-3-8-16-27)28(23)18-20-10-4-2-5-11-20/h2,4-5,10-11,21H,3,6-9,12-19H2,1H3. The van der Waals surface area contributed by atoms with Crippen LogP contribution >= 0.6 is 11.8 Å². The summed E-state index contributed by atoms with van der Waals surface area (Å²) in [6.45, 7) is 5.41. The molecular formula is C23H35N5S. The lowest BCUT2D eigenvalue weighted by atomic mass is 10.0. The molecule has 4 rings (SSSR count). The monoisotopic (exact) mass is 413 g/mol. The molecule has 158 valence electrons. The average Bonchev–Trinajstić information content (AvgIpc) is 3.12. The van der Waals surface area contributed by atoms with Crippen LogP contribution in [-0.2, 0) is 13.1 Å². The number of piperidine rings is 2. The van der Waals surface area contributed by atoms with Crippen molar-refractivity contribution in [2.75, 3.05) is 32.4 Å². The SMILES string of the molecule is CN1CCCCC1CCSc1nnc(CN2CCCCC2)n1Cc1ccccc1. The van der Waals surface area contributed by atoms with E-state index in [1.54, 1.807) is 0 Å². The van der Waals surface area contributed by atoms with E-state index in [0.717, 1.165) is 35.9 Å². The highest BCUT2D eigenvalue weighted by atomic mass is 32.2. The molecule has 1 unspecified atom stereocenters. The van der Waals surface area contributed by atoms with Crippen molar-refractivity contribution in [2.24, 2.45) is 0 Å². The fourth-order valence-electron chi connectivity index (χ4n) is 4.58. The van der Waals surface area contributed by atoms with E-state index in [0.29, 0.717) is 0 Å². The number of thioether (sulfide) groups is 1. The zero-order valence-electron chi connectivity index (χ0n) is 17.8. The summed E-state index contributed by atoms with van der Waals surface area (Å²) in [5.41, 5.74) is 1.32. The molecule has 1 aromatic heterocycles. The molecule has 3 heterocycles. The average molecular weight is 414 g/mol. The first-order chi connectivity index (χ1) is 14.3. The van der Waals surface area contributed by atoms with Crippen LogP contribution in [-0.4, -0.2) is 63.0 Å². The second kappa shape index (κ2) is 10.6. The van der Waals surface area contributed by atoms with Crippen molar-refractivity contribution in [2.45, 2.75) is 69.2 Å². The third-order valence-corrected chi connectivity index (χ3v) is 7.39. The molecule has 2 saturated heterocycles. The lowest BCUT2D eigenvalue weighted by molar-refractivity contribution is 0.182. The van der Waals surface area contributed by atoms with Crippen LogP contribution in [0.1, 0.15) is 56.3 Å². The van der Waals surface area contributed by atoms with Gasteiger partial charge in [0.15, 0.2) is 5.16 Å². The van der Waals surface area contributed by atoms with Crippen LogP contribution in [0.15, 0.2) is 35.5 Å². The highest BCUT2D eigenvalue weighted by Gasteiger charge is 2.21. The summed E-state index contributed by atoms with van der Waals surface area (Å²) in [7, 11) is 2.28. The van der Waals surface area contributed by atoms with Gasteiger partial charge in [0.2, 0.25) is 0 Å². The van der Waals surface area contributed by atoms with Crippen LogP contribution in [0.25, 0.3) is 0 Å². The number of hydrogen-bond acceptors (Lipinski definition) is 5. The van der Waals surface area contributed by atoms with E-state index in [1.807, 2.05) is 11.8 Å². The van der Waals surface area contributed by atoms with Crippen LogP contribution in [0.2, 0.25) is 0 Å². The summed E-state index contributed by atoms with van der Waals surface area (Å²) in [4.78, 5) is 5.08. The normalized spacial score (nSPS) is 21.5. The van der Waals surface area contributed by atoms with Crippen LogP contribution in [0.3, 0.4) is 0 Å². The van der Waals surface area contributed by atoms with Crippen molar-refractivity contribution < 1.29 is 0 Å². The van der Waals surface area contributed by atoms with Gasteiger partial charge in [-0.25, -0.2) is 0 Å². The minimum absolute atomic E-state index is 0.731. The van der Waals surface area contributed by atoms with Crippen molar-refractivity contribution in [1.29, 1.82) is 0 Å². The van der Waals surface area contributed by atoms with Gasteiger partial charge >= 0.3 is 0 Å². The fourth-order valence-corrected chi connectivity index (χ4v) is 5.58. The van der Waals surface area contributed by atoms with Crippen LogP contribution in [0, 0.1) is 0 Å². The minimum Gasteiger partial charge on any atom is -0.303 e. The Morgan fingerprint density at radius 1 is 0.931 bits per heavy atom. The molecule has 2 aliphatic heterocycles. The molecule has 1 aromatic carbocycles. The second-order valence-corrected chi connectivity index (χ2v) is 9.64. The molecule has 0 amide bonds. The first kappa shape index (κ1) is 20.9. The zero-order chi connectivity index (χ0) is 19.9. The quantitative estimate of drug-likeness (QED) is 0.604. The smallest absolute Gasteiger partial charge is 0.191 e. The van der Waals surface area contributed by atoms with Gasteiger partial charge in [-0.2, -0.15) is 0 Å². The number of rotatable bonds is 8. The molecule has 5 nitrogen and oxygen atoms in total. The van der Waals surface area contributed by atoms with Crippen molar-refractivity contribution >= 4 is 11.8 Å². The van der Waals surface area contributed by atoms with Gasteiger partial charge in [-0.15, -0.1) is 10.2 Å². The molecular weight excluding hydrogens is 378 g/mol. The number of aromatic nitrogens is 3. The molecule has 2 fully saturated rings. The van der Waals surface area contributed by atoms with Crippen molar-refractivity contribution in [3.63, 3.8) is 0 Å². The Bertz CT molecular complexity index is 741. The summed E-state index contributed by atoms with van der Waals surface area (Å²) >= 11 is 1.89. The van der Waals surface area contributed by atoms with E-state index < -0.39 is 0 Å². The molecule has 6 heteroatoms. The lowest BCUT2D eigenvalue weighted by Gasteiger charge is -2.32. The Hall–Kier alpha value is -1.37. The van der Waals surface area contributed by atoms with E-state index in [9.17, 15) is 0 Å². The van der Waals surface area contributed by atoms with Crippen molar-refractivity contribution in [3.8, 4) is 0 Å². The molecule has 0 aliphatic carbocycles. The van der Waals surface area contributed by atoms with Gasteiger partial charge in [0.1, 0.15) is 5.82 Å². The van der Waals surface area contributed by atoms with E-state index in [2.05, 4.69) is 61.9 Å². The number of nitrogens with zero attached hydrogens (tertiary/aromatic N) is 5. The van der Waals surface area contributed by atoms with Gasteiger partial charge < -0.3 is 9.47 Å². The maximum Gasteiger partial charge on any atom is 0.191 e. The topological polar surface area (TPSA) is 37.2 Å². The molecule has 2 aliphatic rings. The Labute approximate surface area is 179 Å². The van der Waals surface area contributed by atoms with Gasteiger partial charge in [0.25, 0.3) is 0 Å². The molecule has 29 heavy (non-hydrogen) atoms. The summed E-state index contributed by atoms with van der Waals surface area (Å²) in [6.07, 6.45) is 9.29. The first-order valence-corrected chi connectivity index (χ1v) is 12.3. The van der Waals surface area contributed by atoms with E-state index in [4.69, 9.17) is 0 Å². The van der Waals surface area contributed by atoms with Gasteiger partial charge in [-0.1, -0.05) is 54.9 Å². The molecule has 0 saturated carbocycles. The van der Waals surface area contributed by atoms with Gasteiger partial charge in [-0.3, -0.25) is 4.90 Å². The summed E-state index contributed by atoms with van der Waals surface area (Å²) < 4.78 is 2.36. The number of hydrogen-bond donors (Lipinski definition) is 0. The third-order valence-electron chi connectivity index (χ3n) is 6.39. The van der Waals surface area contributed by atoms with E-state index >= 15 is 0 Å². The number of likely N-dealkylation sites (tertiary alicyclic amines) is 2. The van der Waals surface area contributed by atoms with Crippen LogP contribution in [0.5, 0.6) is 0 Å². The molecule has 2 aromatic rings. The Morgan fingerprint density at radius 3 is 2.52 bits per heavy atom. The largest absolute Gasteiger partial charge is 0.303 e. The molecule has 0 bridgehead atoms. The predicted molar refractivity (Wildman–Crippen MR) is 120 cm³/mol. The van der Waals surface area contributed by atoms with Gasteiger partial charge in [0.05, 0.1) is 13.1 Å². The highest BCUT2D eigenvalue weighted by molar-refractivity contribution is 7.99. The second-order valence-electron chi connectivity index (χ2n) is 8.57. The minimum atomic E-state index is 0.731. The maximum absolute atomic E-state index is 4.63. The van der Waals surface area contributed by atoms with Gasteiger partial charge in [0, 0.05) is 11.8 Å². The molecule has 0 N–H and O–H groups in total.